The van der Waals surface area contributed by atoms with Crippen molar-refractivity contribution in [3.8, 4) is 17.3 Å². The average Bonchev–Trinajstić information content (AvgIpc) is 3.09. The number of anilines is 2. The van der Waals surface area contributed by atoms with Crippen LogP contribution < -0.4 is 21.1 Å². The third-order valence-corrected chi connectivity index (χ3v) is 4.84. The van der Waals surface area contributed by atoms with Gasteiger partial charge in [0.25, 0.3) is 5.91 Å². The van der Waals surface area contributed by atoms with Gasteiger partial charge in [-0.3, -0.25) is 4.79 Å². The number of pyridine rings is 1. The second-order valence-corrected chi connectivity index (χ2v) is 6.49. The van der Waals surface area contributed by atoms with E-state index in [1.807, 2.05) is 6.07 Å². The lowest BCUT2D eigenvalue weighted by Gasteiger charge is -2.28. The van der Waals surface area contributed by atoms with Crippen molar-refractivity contribution >= 4 is 22.9 Å². The van der Waals surface area contributed by atoms with Crippen LogP contribution in [0, 0.1) is 0 Å². The van der Waals surface area contributed by atoms with Gasteiger partial charge in [0.2, 0.25) is 5.88 Å². The summed E-state index contributed by atoms with van der Waals surface area (Å²) in [7, 11) is 1.45. The Morgan fingerprint density at radius 2 is 2.00 bits per heavy atom. The summed E-state index contributed by atoms with van der Waals surface area (Å²) in [4.78, 5) is 22.5. The molecule has 0 unspecified atom stereocenters. The van der Waals surface area contributed by atoms with Gasteiger partial charge in [0.05, 0.1) is 24.2 Å². The van der Waals surface area contributed by atoms with Crippen LogP contribution >= 0.6 is 0 Å². The van der Waals surface area contributed by atoms with E-state index in [4.69, 9.17) is 16.2 Å². The van der Waals surface area contributed by atoms with Crippen LogP contribution in [0.2, 0.25) is 0 Å². The minimum absolute atomic E-state index is 0.177. The fourth-order valence-electron chi connectivity index (χ4n) is 3.53. The highest BCUT2D eigenvalue weighted by molar-refractivity contribution is 5.95. The van der Waals surface area contributed by atoms with Crippen molar-refractivity contribution in [2.24, 2.45) is 5.73 Å². The molecule has 0 spiro atoms. The predicted molar refractivity (Wildman–Crippen MR) is 102 cm³/mol. The zero-order valence-electron chi connectivity index (χ0n) is 15.1. The number of fused-ring (bicyclic) bond motifs is 1. The molecule has 4 N–H and O–H groups in total. The second kappa shape index (κ2) is 6.75. The molecule has 4 heterocycles. The minimum atomic E-state index is -0.591. The SMILES string of the molecule is COc1nc(-c2cc(N3CCCCC3)c3c(N)ncnn23)ccc1C(N)=O. The van der Waals surface area contributed by atoms with Gasteiger partial charge in [-0.05, 0) is 37.5 Å². The molecule has 9 heteroatoms. The number of carbonyl (C=O) groups is 1. The first kappa shape index (κ1) is 17.1. The van der Waals surface area contributed by atoms with E-state index in [2.05, 4.69) is 20.0 Å². The zero-order valence-corrected chi connectivity index (χ0v) is 15.1. The molecular formula is C18H21N7O2. The lowest BCUT2D eigenvalue weighted by atomic mass is 10.1. The van der Waals surface area contributed by atoms with Gasteiger partial charge in [0, 0.05) is 13.1 Å². The van der Waals surface area contributed by atoms with Crippen molar-refractivity contribution in [1.82, 2.24) is 19.6 Å². The number of aromatic nitrogens is 4. The number of hydrogen-bond acceptors (Lipinski definition) is 7. The maximum atomic E-state index is 11.5. The number of nitrogens with two attached hydrogens (primary N) is 2. The van der Waals surface area contributed by atoms with Crippen molar-refractivity contribution in [2.45, 2.75) is 19.3 Å². The van der Waals surface area contributed by atoms with Gasteiger partial charge in [0.1, 0.15) is 17.4 Å². The van der Waals surface area contributed by atoms with Crippen LogP contribution in [0.5, 0.6) is 5.88 Å². The van der Waals surface area contributed by atoms with Gasteiger partial charge >= 0.3 is 0 Å². The van der Waals surface area contributed by atoms with Crippen molar-refractivity contribution in [3.05, 3.63) is 30.1 Å². The number of methoxy groups -OCH3 is 1. The highest BCUT2D eigenvalue weighted by Crippen LogP contribution is 2.35. The molecule has 9 nitrogen and oxygen atoms in total. The third-order valence-electron chi connectivity index (χ3n) is 4.84. The van der Waals surface area contributed by atoms with Gasteiger partial charge in [-0.1, -0.05) is 0 Å². The van der Waals surface area contributed by atoms with Gasteiger partial charge in [-0.2, -0.15) is 5.10 Å². The number of nitrogen functional groups attached to an aromatic ring is 1. The maximum absolute atomic E-state index is 11.5. The van der Waals surface area contributed by atoms with Crippen LogP contribution in [0.1, 0.15) is 29.6 Å². The lowest BCUT2D eigenvalue weighted by Crippen LogP contribution is -2.29. The fraction of sp³-hybridized carbons (Fsp3) is 0.333. The summed E-state index contributed by atoms with van der Waals surface area (Å²) >= 11 is 0. The van der Waals surface area contributed by atoms with E-state index in [9.17, 15) is 4.79 Å². The number of hydrogen-bond donors (Lipinski definition) is 2. The number of nitrogens with zero attached hydrogens (tertiary/aromatic N) is 5. The molecule has 1 saturated heterocycles. The molecule has 0 radical (unpaired) electrons. The number of rotatable bonds is 4. The van der Waals surface area contributed by atoms with E-state index in [-0.39, 0.29) is 11.4 Å². The van der Waals surface area contributed by atoms with Crippen LogP contribution in [-0.4, -0.2) is 45.7 Å². The molecule has 1 aliphatic heterocycles. The van der Waals surface area contributed by atoms with E-state index in [1.165, 1.54) is 19.9 Å². The Bertz CT molecular complexity index is 1010. The van der Waals surface area contributed by atoms with Crippen molar-refractivity contribution in [3.63, 3.8) is 0 Å². The summed E-state index contributed by atoms with van der Waals surface area (Å²) in [5.41, 5.74) is 14.9. The monoisotopic (exact) mass is 367 g/mol. The molecular weight excluding hydrogens is 346 g/mol. The van der Waals surface area contributed by atoms with Crippen molar-refractivity contribution < 1.29 is 9.53 Å². The molecule has 0 aromatic carbocycles. The molecule has 1 aliphatic rings. The van der Waals surface area contributed by atoms with Crippen molar-refractivity contribution in [1.29, 1.82) is 0 Å². The van der Waals surface area contributed by atoms with Gasteiger partial charge in [-0.15, -0.1) is 0 Å². The Hall–Kier alpha value is -3.36. The second-order valence-electron chi connectivity index (χ2n) is 6.49. The highest BCUT2D eigenvalue weighted by atomic mass is 16.5. The predicted octanol–water partition coefficient (Wildman–Crippen LogP) is 1.47. The maximum Gasteiger partial charge on any atom is 0.254 e. The Morgan fingerprint density at radius 1 is 1.22 bits per heavy atom. The third kappa shape index (κ3) is 2.90. The van der Waals surface area contributed by atoms with Crippen LogP contribution in [0.15, 0.2) is 24.5 Å². The summed E-state index contributed by atoms with van der Waals surface area (Å²) < 4.78 is 6.97. The zero-order chi connectivity index (χ0) is 19.0. The highest BCUT2D eigenvalue weighted by Gasteiger charge is 2.22. The van der Waals surface area contributed by atoms with Crippen LogP contribution in [0.25, 0.3) is 16.9 Å². The van der Waals surface area contributed by atoms with Crippen LogP contribution in [0.4, 0.5) is 11.5 Å². The minimum Gasteiger partial charge on any atom is -0.480 e. The number of primary amides is 1. The molecule has 0 bridgehead atoms. The first-order chi connectivity index (χ1) is 13.1. The Labute approximate surface area is 155 Å². The molecule has 3 aromatic rings. The summed E-state index contributed by atoms with van der Waals surface area (Å²) in [6, 6.07) is 5.34. The number of carbonyl (C=O) groups excluding carboxylic acids is 1. The first-order valence-corrected chi connectivity index (χ1v) is 8.82. The normalized spacial score (nSPS) is 14.5. The average molecular weight is 367 g/mol. The molecule has 0 saturated carbocycles. The molecule has 1 fully saturated rings. The van der Waals surface area contributed by atoms with E-state index >= 15 is 0 Å². The summed E-state index contributed by atoms with van der Waals surface area (Å²) in [5, 5.41) is 4.37. The summed E-state index contributed by atoms with van der Waals surface area (Å²) in [6.45, 7) is 1.93. The molecule has 1 amide bonds. The van der Waals surface area contributed by atoms with Gasteiger partial charge < -0.3 is 21.1 Å². The molecule has 0 aliphatic carbocycles. The molecule has 27 heavy (non-hydrogen) atoms. The van der Waals surface area contributed by atoms with E-state index in [0.717, 1.165) is 42.8 Å². The van der Waals surface area contributed by atoms with Gasteiger partial charge in [-0.25, -0.2) is 14.5 Å². The topological polar surface area (TPSA) is 125 Å². The Balaban J connectivity index is 1.90. The standard InChI is InChI=1S/C18H21N7O2/c1-27-18-11(17(20)26)5-6-12(23-18)13-9-14(24-7-3-2-4-8-24)15-16(19)21-10-22-25(13)15/h5-6,9-10H,2-4,7-8H2,1H3,(H2,20,26)(H2,19,21,22). The summed E-state index contributed by atoms with van der Waals surface area (Å²) in [5.74, 6) is 0.000498. The number of ether oxygens (including phenoxy) is 1. The quantitative estimate of drug-likeness (QED) is 0.715. The first-order valence-electron chi connectivity index (χ1n) is 8.82. The van der Waals surface area contributed by atoms with Crippen molar-refractivity contribution in [2.75, 3.05) is 30.8 Å². The Kier molecular flexibility index (Phi) is 4.27. The molecule has 3 aromatic heterocycles. The molecule has 140 valence electrons. The van der Waals surface area contributed by atoms with E-state index < -0.39 is 5.91 Å². The van der Waals surface area contributed by atoms with Crippen LogP contribution in [0.3, 0.4) is 0 Å². The van der Waals surface area contributed by atoms with Gasteiger partial charge in [0.15, 0.2) is 5.82 Å². The summed E-state index contributed by atoms with van der Waals surface area (Å²) in [6.07, 6.45) is 4.93. The number of piperidine rings is 1. The Morgan fingerprint density at radius 3 is 2.70 bits per heavy atom. The fourth-order valence-corrected chi connectivity index (χ4v) is 3.53. The smallest absolute Gasteiger partial charge is 0.254 e. The van der Waals surface area contributed by atoms with E-state index in [1.54, 1.807) is 16.6 Å². The number of amides is 1. The molecule has 4 rings (SSSR count). The van der Waals surface area contributed by atoms with E-state index in [0.29, 0.717) is 11.5 Å². The lowest BCUT2D eigenvalue weighted by molar-refractivity contribution is 0.0996. The van der Waals surface area contributed by atoms with Crippen LogP contribution in [-0.2, 0) is 0 Å². The molecule has 0 atom stereocenters. The largest absolute Gasteiger partial charge is 0.480 e.